The van der Waals surface area contributed by atoms with Crippen LogP contribution in [0.5, 0.6) is 0 Å². The van der Waals surface area contributed by atoms with Gasteiger partial charge in [0.25, 0.3) is 0 Å². The highest BCUT2D eigenvalue weighted by atomic mass is 32.2. The van der Waals surface area contributed by atoms with Gasteiger partial charge < -0.3 is 5.73 Å². The van der Waals surface area contributed by atoms with Crippen LogP contribution in [0.2, 0.25) is 0 Å². The summed E-state index contributed by atoms with van der Waals surface area (Å²) in [4.78, 5) is 0.0915. The van der Waals surface area contributed by atoms with Crippen molar-refractivity contribution in [3.63, 3.8) is 0 Å². The molecule has 0 saturated carbocycles. The number of hydrogen-bond acceptors (Lipinski definition) is 3. The maximum absolute atomic E-state index is 13.2. The third kappa shape index (κ3) is 3.59. The molecule has 0 saturated heterocycles. The van der Waals surface area contributed by atoms with Crippen molar-refractivity contribution in [2.24, 2.45) is 0 Å². The molecular formula is C15H17FN2O2S. The standard InChI is InChI=1S/C15H17FN2O2S/c1-10-6-7-14(9-15(10)17)21(19,20)18-11(2)12-4-3-5-13(16)8-12/h3-9,11,18H,17H2,1-2H3. The zero-order valence-corrected chi connectivity index (χ0v) is 12.6. The van der Waals surface area contributed by atoms with E-state index in [1.807, 2.05) is 0 Å². The molecule has 0 aromatic heterocycles. The molecule has 4 nitrogen and oxygen atoms in total. The second kappa shape index (κ2) is 5.83. The van der Waals surface area contributed by atoms with Crippen molar-refractivity contribution in [1.82, 2.24) is 4.72 Å². The van der Waals surface area contributed by atoms with Gasteiger partial charge in [-0.05, 0) is 49.2 Å². The first-order chi connectivity index (χ1) is 9.79. The number of nitrogen functional groups attached to an aromatic ring is 1. The Hall–Kier alpha value is -1.92. The molecule has 0 heterocycles. The molecule has 0 bridgehead atoms. The highest BCUT2D eigenvalue weighted by Crippen LogP contribution is 2.20. The lowest BCUT2D eigenvalue weighted by Gasteiger charge is -2.15. The highest BCUT2D eigenvalue weighted by Gasteiger charge is 2.19. The maximum atomic E-state index is 13.2. The smallest absolute Gasteiger partial charge is 0.241 e. The van der Waals surface area contributed by atoms with Gasteiger partial charge in [-0.25, -0.2) is 17.5 Å². The van der Waals surface area contributed by atoms with E-state index in [1.165, 1.54) is 24.3 Å². The molecule has 21 heavy (non-hydrogen) atoms. The quantitative estimate of drug-likeness (QED) is 0.853. The third-order valence-corrected chi connectivity index (χ3v) is 4.78. The zero-order valence-electron chi connectivity index (χ0n) is 11.8. The van der Waals surface area contributed by atoms with E-state index >= 15 is 0 Å². The minimum Gasteiger partial charge on any atom is -0.398 e. The summed E-state index contributed by atoms with van der Waals surface area (Å²) in [7, 11) is -3.71. The van der Waals surface area contributed by atoms with Gasteiger partial charge in [0.05, 0.1) is 4.90 Å². The highest BCUT2D eigenvalue weighted by molar-refractivity contribution is 7.89. The third-order valence-electron chi connectivity index (χ3n) is 3.24. The van der Waals surface area contributed by atoms with Crippen molar-refractivity contribution in [2.75, 3.05) is 5.73 Å². The molecule has 1 atom stereocenters. The summed E-state index contributed by atoms with van der Waals surface area (Å²) in [5, 5.41) is 0. The topological polar surface area (TPSA) is 72.2 Å². The van der Waals surface area contributed by atoms with Crippen molar-refractivity contribution in [1.29, 1.82) is 0 Å². The number of rotatable bonds is 4. The van der Waals surface area contributed by atoms with Gasteiger partial charge in [0.2, 0.25) is 10.0 Å². The van der Waals surface area contributed by atoms with Crippen molar-refractivity contribution in [3.8, 4) is 0 Å². The van der Waals surface area contributed by atoms with E-state index in [0.29, 0.717) is 11.3 Å². The van der Waals surface area contributed by atoms with E-state index in [4.69, 9.17) is 5.73 Å². The molecule has 0 aliphatic rings. The van der Waals surface area contributed by atoms with E-state index in [1.54, 1.807) is 32.0 Å². The molecule has 0 radical (unpaired) electrons. The average Bonchev–Trinajstić information content (AvgIpc) is 2.41. The Morgan fingerprint density at radius 1 is 1.19 bits per heavy atom. The predicted octanol–water partition coefficient (Wildman–Crippen LogP) is 2.76. The number of anilines is 1. The van der Waals surface area contributed by atoms with Gasteiger partial charge in [0, 0.05) is 11.7 Å². The predicted molar refractivity (Wildman–Crippen MR) is 80.7 cm³/mol. The van der Waals surface area contributed by atoms with Crippen LogP contribution >= 0.6 is 0 Å². The SMILES string of the molecule is Cc1ccc(S(=O)(=O)NC(C)c2cccc(F)c2)cc1N. The minimum absolute atomic E-state index is 0.0915. The summed E-state index contributed by atoms with van der Waals surface area (Å²) in [5.41, 5.74) is 7.52. The van der Waals surface area contributed by atoms with Crippen LogP contribution in [-0.4, -0.2) is 8.42 Å². The van der Waals surface area contributed by atoms with E-state index in [9.17, 15) is 12.8 Å². The van der Waals surface area contributed by atoms with Gasteiger partial charge >= 0.3 is 0 Å². The fourth-order valence-electron chi connectivity index (χ4n) is 1.93. The Kier molecular flexibility index (Phi) is 4.29. The van der Waals surface area contributed by atoms with Crippen LogP contribution in [0.1, 0.15) is 24.1 Å². The first-order valence-electron chi connectivity index (χ1n) is 6.43. The van der Waals surface area contributed by atoms with Crippen molar-refractivity contribution in [3.05, 3.63) is 59.4 Å². The lowest BCUT2D eigenvalue weighted by atomic mass is 10.1. The fraction of sp³-hybridized carbons (Fsp3) is 0.200. The average molecular weight is 308 g/mol. The number of nitrogens with two attached hydrogens (primary N) is 1. The molecule has 1 unspecified atom stereocenters. The van der Waals surface area contributed by atoms with Gasteiger partial charge in [0.1, 0.15) is 5.82 Å². The summed E-state index contributed by atoms with van der Waals surface area (Å²) in [6.45, 7) is 3.46. The van der Waals surface area contributed by atoms with Gasteiger partial charge in [-0.2, -0.15) is 0 Å². The number of halogens is 1. The normalized spacial score (nSPS) is 13.1. The largest absolute Gasteiger partial charge is 0.398 e. The summed E-state index contributed by atoms with van der Waals surface area (Å²) in [5.74, 6) is -0.405. The van der Waals surface area contributed by atoms with Crippen LogP contribution < -0.4 is 10.5 Å². The van der Waals surface area contributed by atoms with Gasteiger partial charge in [0.15, 0.2) is 0 Å². The van der Waals surface area contributed by atoms with Crippen molar-refractivity contribution >= 4 is 15.7 Å². The van der Waals surface area contributed by atoms with E-state index in [2.05, 4.69) is 4.72 Å². The number of benzene rings is 2. The molecule has 2 aromatic carbocycles. The first kappa shape index (κ1) is 15.5. The number of sulfonamides is 1. The molecule has 0 amide bonds. The van der Waals surface area contributed by atoms with Gasteiger partial charge in [-0.1, -0.05) is 18.2 Å². The summed E-state index contributed by atoms with van der Waals surface area (Å²) in [6, 6.07) is 9.83. The van der Waals surface area contributed by atoms with Crippen molar-refractivity contribution < 1.29 is 12.8 Å². The molecule has 6 heteroatoms. The molecule has 0 aliphatic heterocycles. The number of hydrogen-bond donors (Lipinski definition) is 2. The summed E-state index contributed by atoms with van der Waals surface area (Å²) < 4.78 is 40.3. The Balaban J connectivity index is 2.26. The Morgan fingerprint density at radius 2 is 1.90 bits per heavy atom. The Labute approximate surface area is 123 Å². The number of nitrogens with one attached hydrogen (secondary N) is 1. The zero-order chi connectivity index (χ0) is 15.6. The van der Waals surface area contributed by atoms with E-state index in [0.717, 1.165) is 5.56 Å². The monoisotopic (exact) mass is 308 g/mol. The summed E-state index contributed by atoms with van der Waals surface area (Å²) >= 11 is 0. The molecule has 0 fully saturated rings. The maximum Gasteiger partial charge on any atom is 0.241 e. The van der Waals surface area contributed by atoms with E-state index in [-0.39, 0.29) is 4.90 Å². The molecule has 2 rings (SSSR count). The second-order valence-corrected chi connectivity index (χ2v) is 6.63. The minimum atomic E-state index is -3.71. The summed E-state index contributed by atoms with van der Waals surface area (Å²) in [6.07, 6.45) is 0. The van der Waals surface area contributed by atoms with Gasteiger partial charge in [-0.15, -0.1) is 0 Å². The van der Waals surface area contributed by atoms with Crippen LogP contribution in [0.4, 0.5) is 10.1 Å². The first-order valence-corrected chi connectivity index (χ1v) is 7.92. The van der Waals surface area contributed by atoms with Crippen LogP contribution in [0.3, 0.4) is 0 Å². The van der Waals surface area contributed by atoms with Crippen LogP contribution in [0.15, 0.2) is 47.4 Å². The molecule has 112 valence electrons. The fourth-order valence-corrected chi connectivity index (χ4v) is 3.20. The van der Waals surface area contributed by atoms with Crippen LogP contribution in [-0.2, 0) is 10.0 Å². The van der Waals surface area contributed by atoms with E-state index < -0.39 is 21.9 Å². The Bertz CT molecular complexity index is 760. The lowest BCUT2D eigenvalue weighted by Crippen LogP contribution is -2.27. The molecule has 0 spiro atoms. The molecular weight excluding hydrogens is 291 g/mol. The van der Waals surface area contributed by atoms with Crippen LogP contribution in [0, 0.1) is 12.7 Å². The van der Waals surface area contributed by atoms with Crippen LogP contribution in [0.25, 0.3) is 0 Å². The van der Waals surface area contributed by atoms with Gasteiger partial charge in [-0.3, -0.25) is 0 Å². The molecule has 0 aliphatic carbocycles. The molecule has 2 aromatic rings. The molecule has 3 N–H and O–H groups in total. The van der Waals surface area contributed by atoms with Crippen molar-refractivity contribution in [2.45, 2.75) is 24.8 Å². The Morgan fingerprint density at radius 3 is 2.52 bits per heavy atom. The lowest BCUT2D eigenvalue weighted by molar-refractivity contribution is 0.564. The second-order valence-electron chi connectivity index (χ2n) is 4.92. The number of aryl methyl sites for hydroxylation is 1.